The van der Waals surface area contributed by atoms with Crippen LogP contribution in [-0.2, 0) is 11.2 Å². The Hall–Kier alpha value is -1.35. The fourth-order valence-corrected chi connectivity index (χ4v) is 1.92. The molecule has 1 aromatic rings. The van der Waals surface area contributed by atoms with Crippen molar-refractivity contribution in [1.82, 2.24) is 4.90 Å². The van der Waals surface area contributed by atoms with Gasteiger partial charge < -0.3 is 10.6 Å². The molecule has 0 aliphatic heterocycles. The zero-order valence-corrected chi connectivity index (χ0v) is 11.4. The summed E-state index contributed by atoms with van der Waals surface area (Å²) < 4.78 is 0. The highest BCUT2D eigenvalue weighted by atomic mass is 16.2. The van der Waals surface area contributed by atoms with E-state index < -0.39 is 0 Å². The predicted octanol–water partition coefficient (Wildman–Crippen LogP) is 2.21. The van der Waals surface area contributed by atoms with Crippen LogP contribution in [0.4, 0.5) is 0 Å². The van der Waals surface area contributed by atoms with Gasteiger partial charge in [-0.1, -0.05) is 43.7 Å². The van der Waals surface area contributed by atoms with Crippen LogP contribution in [0.5, 0.6) is 0 Å². The minimum absolute atomic E-state index is 0.00155. The van der Waals surface area contributed by atoms with Crippen LogP contribution in [0.3, 0.4) is 0 Å². The van der Waals surface area contributed by atoms with E-state index in [0.29, 0.717) is 6.42 Å². The Morgan fingerprint density at radius 3 is 2.61 bits per heavy atom. The Labute approximate surface area is 110 Å². The summed E-state index contributed by atoms with van der Waals surface area (Å²) in [6.45, 7) is 2.84. The van der Waals surface area contributed by atoms with Gasteiger partial charge in [0.1, 0.15) is 0 Å². The van der Waals surface area contributed by atoms with Gasteiger partial charge in [0.05, 0.1) is 0 Å². The molecule has 1 unspecified atom stereocenters. The quantitative estimate of drug-likeness (QED) is 0.804. The molecule has 0 bridgehead atoms. The molecule has 0 aliphatic carbocycles. The third-order valence-corrected chi connectivity index (χ3v) is 3.10. The highest BCUT2D eigenvalue weighted by Crippen LogP contribution is 2.04. The van der Waals surface area contributed by atoms with E-state index in [-0.39, 0.29) is 11.9 Å². The highest BCUT2D eigenvalue weighted by Gasteiger charge is 2.12. The maximum absolute atomic E-state index is 11.9. The number of hydrogen-bond donors (Lipinski definition) is 1. The fraction of sp³-hybridized carbons (Fsp3) is 0.533. The molecule has 0 fully saturated rings. The van der Waals surface area contributed by atoms with Crippen molar-refractivity contribution in [3.05, 3.63) is 35.9 Å². The molecule has 2 N–H and O–H groups in total. The first kappa shape index (κ1) is 14.7. The first-order valence-electron chi connectivity index (χ1n) is 6.67. The molecule has 0 aromatic heterocycles. The number of benzene rings is 1. The number of rotatable bonds is 7. The Morgan fingerprint density at radius 2 is 2.00 bits per heavy atom. The lowest BCUT2D eigenvalue weighted by molar-refractivity contribution is -0.130. The van der Waals surface area contributed by atoms with E-state index in [2.05, 4.69) is 19.1 Å². The van der Waals surface area contributed by atoms with Crippen molar-refractivity contribution in [3.8, 4) is 0 Å². The van der Waals surface area contributed by atoms with E-state index in [9.17, 15) is 4.79 Å². The lowest BCUT2D eigenvalue weighted by Gasteiger charge is -2.19. The van der Waals surface area contributed by atoms with Gasteiger partial charge in [0, 0.05) is 26.1 Å². The van der Waals surface area contributed by atoms with Gasteiger partial charge >= 0.3 is 0 Å². The SMILES string of the molecule is CCCC(N)CC(=O)N(C)CCc1ccccc1. The van der Waals surface area contributed by atoms with Crippen molar-refractivity contribution in [2.24, 2.45) is 5.73 Å². The Kier molecular flexibility index (Phi) is 6.44. The van der Waals surface area contributed by atoms with Crippen molar-refractivity contribution in [1.29, 1.82) is 0 Å². The number of carbonyl (C=O) groups excluding carboxylic acids is 1. The monoisotopic (exact) mass is 248 g/mol. The lowest BCUT2D eigenvalue weighted by Crippen LogP contribution is -2.34. The van der Waals surface area contributed by atoms with E-state index in [1.165, 1.54) is 5.56 Å². The summed E-state index contributed by atoms with van der Waals surface area (Å²) in [5.74, 6) is 0.145. The summed E-state index contributed by atoms with van der Waals surface area (Å²) in [4.78, 5) is 13.7. The largest absolute Gasteiger partial charge is 0.345 e. The molecule has 0 heterocycles. The molecule has 0 saturated carbocycles. The molecule has 1 atom stereocenters. The second kappa shape index (κ2) is 7.88. The molecule has 0 spiro atoms. The van der Waals surface area contributed by atoms with Gasteiger partial charge in [-0.3, -0.25) is 4.79 Å². The van der Waals surface area contributed by atoms with Crippen LogP contribution in [0.2, 0.25) is 0 Å². The second-order valence-corrected chi connectivity index (χ2v) is 4.80. The molecule has 3 heteroatoms. The minimum atomic E-state index is 0.00155. The summed E-state index contributed by atoms with van der Waals surface area (Å²) in [5.41, 5.74) is 7.14. The molecule has 1 rings (SSSR count). The Bertz CT molecular complexity index is 351. The Morgan fingerprint density at radius 1 is 1.33 bits per heavy atom. The number of likely N-dealkylation sites (N-methyl/N-ethyl adjacent to an activating group) is 1. The minimum Gasteiger partial charge on any atom is -0.345 e. The standard InChI is InChI=1S/C15H24N2O/c1-3-7-14(16)12-15(18)17(2)11-10-13-8-5-4-6-9-13/h4-6,8-9,14H,3,7,10-12,16H2,1-2H3. The maximum atomic E-state index is 11.9. The van der Waals surface area contributed by atoms with Crippen LogP contribution in [0.25, 0.3) is 0 Å². The van der Waals surface area contributed by atoms with E-state index in [0.717, 1.165) is 25.8 Å². The first-order chi connectivity index (χ1) is 8.63. The molecule has 1 aromatic carbocycles. The molecule has 18 heavy (non-hydrogen) atoms. The summed E-state index contributed by atoms with van der Waals surface area (Å²) in [6.07, 6.45) is 3.30. The van der Waals surface area contributed by atoms with Gasteiger partial charge in [-0.2, -0.15) is 0 Å². The van der Waals surface area contributed by atoms with Crippen LogP contribution in [0, 0.1) is 0 Å². The molecule has 3 nitrogen and oxygen atoms in total. The van der Waals surface area contributed by atoms with E-state index in [1.54, 1.807) is 4.90 Å². The normalized spacial score (nSPS) is 12.2. The predicted molar refractivity (Wildman–Crippen MR) is 75.3 cm³/mol. The molecule has 0 saturated heterocycles. The fourth-order valence-electron chi connectivity index (χ4n) is 1.92. The van der Waals surface area contributed by atoms with Crippen LogP contribution < -0.4 is 5.73 Å². The van der Waals surface area contributed by atoms with Gasteiger partial charge in [-0.25, -0.2) is 0 Å². The van der Waals surface area contributed by atoms with Crippen molar-refractivity contribution < 1.29 is 4.79 Å². The second-order valence-electron chi connectivity index (χ2n) is 4.80. The molecule has 1 amide bonds. The third kappa shape index (κ3) is 5.32. The summed E-state index contributed by atoms with van der Waals surface area (Å²) in [6, 6.07) is 10.2. The van der Waals surface area contributed by atoms with Crippen molar-refractivity contribution in [3.63, 3.8) is 0 Å². The average molecular weight is 248 g/mol. The average Bonchev–Trinajstić information content (AvgIpc) is 2.37. The zero-order chi connectivity index (χ0) is 13.4. The topological polar surface area (TPSA) is 46.3 Å². The van der Waals surface area contributed by atoms with E-state index >= 15 is 0 Å². The number of nitrogens with zero attached hydrogens (tertiary/aromatic N) is 1. The van der Waals surface area contributed by atoms with Gasteiger partial charge in [0.15, 0.2) is 0 Å². The Balaban J connectivity index is 2.32. The number of carbonyl (C=O) groups is 1. The van der Waals surface area contributed by atoms with Gasteiger partial charge in [-0.05, 0) is 18.4 Å². The van der Waals surface area contributed by atoms with Crippen LogP contribution in [0.15, 0.2) is 30.3 Å². The van der Waals surface area contributed by atoms with Crippen LogP contribution >= 0.6 is 0 Å². The highest BCUT2D eigenvalue weighted by molar-refractivity contribution is 5.76. The van der Waals surface area contributed by atoms with Crippen LogP contribution in [0.1, 0.15) is 31.7 Å². The maximum Gasteiger partial charge on any atom is 0.223 e. The lowest BCUT2D eigenvalue weighted by atomic mass is 10.1. The van der Waals surface area contributed by atoms with Crippen LogP contribution in [-0.4, -0.2) is 30.4 Å². The molecule has 100 valence electrons. The van der Waals surface area contributed by atoms with E-state index in [4.69, 9.17) is 5.73 Å². The summed E-state index contributed by atoms with van der Waals surface area (Å²) >= 11 is 0. The molecular weight excluding hydrogens is 224 g/mol. The first-order valence-corrected chi connectivity index (χ1v) is 6.67. The van der Waals surface area contributed by atoms with Crippen molar-refractivity contribution >= 4 is 5.91 Å². The van der Waals surface area contributed by atoms with Gasteiger partial charge in [-0.15, -0.1) is 0 Å². The summed E-state index contributed by atoms with van der Waals surface area (Å²) in [5, 5.41) is 0. The van der Waals surface area contributed by atoms with Gasteiger partial charge in [0.2, 0.25) is 5.91 Å². The van der Waals surface area contributed by atoms with Gasteiger partial charge in [0.25, 0.3) is 0 Å². The molecule has 0 aliphatic rings. The number of nitrogens with two attached hydrogens (primary N) is 1. The molecule has 0 radical (unpaired) electrons. The smallest absolute Gasteiger partial charge is 0.223 e. The number of hydrogen-bond acceptors (Lipinski definition) is 2. The van der Waals surface area contributed by atoms with E-state index in [1.807, 2.05) is 25.2 Å². The zero-order valence-electron chi connectivity index (χ0n) is 11.4. The summed E-state index contributed by atoms with van der Waals surface area (Å²) in [7, 11) is 1.85. The third-order valence-electron chi connectivity index (χ3n) is 3.10. The van der Waals surface area contributed by atoms with Crippen molar-refractivity contribution in [2.45, 2.75) is 38.6 Å². The number of amides is 1. The molecular formula is C15H24N2O. The van der Waals surface area contributed by atoms with Crippen molar-refractivity contribution in [2.75, 3.05) is 13.6 Å².